The quantitative estimate of drug-likeness (QED) is 0.0505. The third-order valence-corrected chi connectivity index (χ3v) is 23.4. The number of carbonyl (C=O) groups is 3. The molecule has 13 rings (SSSR count). The molecular weight excluding hydrogens is 1850 g/mol. The van der Waals surface area contributed by atoms with Crippen molar-refractivity contribution in [2.45, 2.75) is 115 Å². The van der Waals surface area contributed by atoms with E-state index in [1.807, 2.05) is 68.8 Å². The average Bonchev–Trinajstić information content (AvgIpc) is 1.66. The molecule has 13 aromatic rings. The minimum Gasteiger partial charge on any atom is -0.512 e. The van der Waals surface area contributed by atoms with E-state index in [2.05, 4.69) is 208 Å². The number of aliphatic hydroxyl groups is 3. The van der Waals surface area contributed by atoms with Crippen molar-refractivity contribution in [3.05, 3.63) is 241 Å². The van der Waals surface area contributed by atoms with E-state index in [0.717, 1.165) is 111 Å². The van der Waals surface area contributed by atoms with Crippen molar-refractivity contribution in [3.63, 3.8) is 0 Å². The molecule has 6 aromatic carbocycles. The van der Waals surface area contributed by atoms with Crippen LogP contribution >= 0.6 is 0 Å². The Kier molecular flexibility index (Phi) is 30.0. The number of carbonyl (C=O) groups excluding carboxylic acids is 3. The molecular formula is C82H85Ir3N4O9Si3-3. The molecule has 0 aliphatic carbocycles. The molecule has 0 amide bonds. The van der Waals surface area contributed by atoms with Gasteiger partial charge in [-0.15, -0.1) is 71.3 Å². The van der Waals surface area contributed by atoms with E-state index in [0.29, 0.717) is 0 Å². The Morgan fingerprint density at radius 2 is 0.782 bits per heavy atom. The van der Waals surface area contributed by atoms with Crippen LogP contribution in [0, 0.1) is 39.0 Å². The molecule has 0 fully saturated rings. The molecule has 0 spiro atoms. The van der Waals surface area contributed by atoms with Gasteiger partial charge in [0.1, 0.15) is 24.8 Å². The molecule has 0 unspecified atom stereocenters. The van der Waals surface area contributed by atoms with Crippen LogP contribution in [0.1, 0.15) is 58.5 Å². The topological polar surface area (TPSA) is 203 Å². The number of ketones is 3. The molecule has 19 heteroatoms. The Hall–Kier alpha value is -8.45. The van der Waals surface area contributed by atoms with E-state index in [9.17, 15) is 14.4 Å². The third-order valence-electron chi connectivity index (χ3n) is 15.9. The monoisotopic (exact) mass is 1930 g/mol. The number of rotatable bonds is 10. The van der Waals surface area contributed by atoms with Crippen LogP contribution in [0.2, 0.25) is 52.4 Å². The fourth-order valence-electron chi connectivity index (χ4n) is 10.8. The molecule has 101 heavy (non-hydrogen) atoms. The predicted octanol–water partition coefficient (Wildman–Crippen LogP) is 18.7. The van der Waals surface area contributed by atoms with Crippen LogP contribution in [0.5, 0.6) is 0 Å². The summed E-state index contributed by atoms with van der Waals surface area (Å²) in [6.07, 6.45) is 9.59. The van der Waals surface area contributed by atoms with Crippen LogP contribution in [0.15, 0.2) is 219 Å². The maximum Gasteiger partial charge on any atom is 0.155 e. The second-order valence-corrected chi connectivity index (χ2v) is 41.4. The number of aromatic nitrogens is 4. The van der Waals surface area contributed by atoms with Gasteiger partial charge in [0.25, 0.3) is 0 Å². The van der Waals surface area contributed by atoms with Crippen LogP contribution in [-0.4, -0.2) is 76.8 Å². The Balaban J connectivity index is 0.000000237. The molecule has 3 N–H and O–H groups in total. The molecule has 0 bridgehead atoms. The molecule has 529 valence electrons. The first kappa shape index (κ1) is 83.2. The summed E-state index contributed by atoms with van der Waals surface area (Å²) < 4.78 is 17.8. The molecule has 0 aliphatic rings. The molecule has 0 atom stereocenters. The summed E-state index contributed by atoms with van der Waals surface area (Å²) in [5.74, 6) is -0.187. The summed E-state index contributed by atoms with van der Waals surface area (Å²) >= 11 is 0. The van der Waals surface area contributed by atoms with E-state index < -0.39 is 24.2 Å². The Labute approximate surface area is 635 Å². The summed E-state index contributed by atoms with van der Waals surface area (Å²) in [5, 5.41) is 37.3. The van der Waals surface area contributed by atoms with Crippen molar-refractivity contribution in [1.29, 1.82) is 0 Å². The first-order valence-corrected chi connectivity index (χ1v) is 42.2. The number of hydrogen-bond acceptors (Lipinski definition) is 13. The van der Waals surface area contributed by atoms with E-state index in [1.54, 1.807) is 0 Å². The Morgan fingerprint density at radius 3 is 1.18 bits per heavy atom. The van der Waals surface area contributed by atoms with Crippen molar-refractivity contribution in [2.24, 2.45) is 0 Å². The summed E-state index contributed by atoms with van der Waals surface area (Å²) in [7, 11) is -4.39. The van der Waals surface area contributed by atoms with Crippen LogP contribution in [0.4, 0.5) is 0 Å². The smallest absolute Gasteiger partial charge is 0.155 e. The standard InChI is InChI=1S/C26H22NOSi.C21H21N2OSi.C20H18NOSi.3C5H8O2.3Ir/c1-18-9-12-22-23-16-19(10-14-25(23)28-26(22)15-18)24-13-11-21(17-27-24)29(2,3)20-7-5-4-6-8-20;1-13-10-18-17-11-15(6-9-20(17)24-21(18)14(2)23-13)19-8-7-16(12-22-19)25(3,4)5;1-23(2,3)15-9-10-18(21-13-15)14-8-11-20-17(12-14)16-6-4-5-7-19(16)22-20;3*1-4(6)3-5(2)7;;;/h4-9,11-17H,1-3H3;7-12H,1-5H3;4-7,9-13H,1-3H3;3*3,6H,1-2H3;;;/q3*-1;;;;;;. The zero-order chi connectivity index (χ0) is 71.4. The van der Waals surface area contributed by atoms with Gasteiger partial charge in [-0.1, -0.05) is 171 Å². The van der Waals surface area contributed by atoms with Gasteiger partial charge in [0, 0.05) is 119 Å². The van der Waals surface area contributed by atoms with Gasteiger partial charge in [0.2, 0.25) is 0 Å². The number of hydrogen-bond donors (Lipinski definition) is 3. The largest absolute Gasteiger partial charge is 0.512 e. The second-order valence-electron chi connectivity index (χ2n) is 26.9. The number of furan rings is 3. The zero-order valence-corrected chi connectivity index (χ0v) is 70.2. The summed E-state index contributed by atoms with van der Waals surface area (Å²) in [6.45, 7) is 33.4. The van der Waals surface area contributed by atoms with Gasteiger partial charge in [-0.2, -0.15) is 0 Å². The van der Waals surface area contributed by atoms with Crippen LogP contribution in [0.25, 0.3) is 99.6 Å². The first-order chi connectivity index (χ1) is 46.2. The van der Waals surface area contributed by atoms with Gasteiger partial charge < -0.3 is 43.5 Å². The number of allylic oxidation sites excluding steroid dienone is 6. The van der Waals surface area contributed by atoms with Crippen molar-refractivity contribution in [3.8, 4) is 33.8 Å². The van der Waals surface area contributed by atoms with Gasteiger partial charge in [0.15, 0.2) is 17.3 Å². The van der Waals surface area contributed by atoms with Crippen LogP contribution in [0.3, 0.4) is 0 Å². The van der Waals surface area contributed by atoms with E-state index in [4.69, 9.17) is 33.6 Å². The van der Waals surface area contributed by atoms with Gasteiger partial charge in [-0.05, 0) is 119 Å². The van der Waals surface area contributed by atoms with E-state index in [-0.39, 0.29) is 94.9 Å². The third kappa shape index (κ3) is 22.5. The number of nitrogens with zero attached hydrogens (tertiary/aromatic N) is 4. The van der Waals surface area contributed by atoms with Crippen LogP contribution < -0.4 is 20.7 Å². The van der Waals surface area contributed by atoms with Crippen molar-refractivity contribution >= 4 is 128 Å². The van der Waals surface area contributed by atoms with Gasteiger partial charge in [0.05, 0.1) is 55.9 Å². The molecule has 0 aliphatic heterocycles. The van der Waals surface area contributed by atoms with Crippen molar-refractivity contribution < 1.29 is 103 Å². The number of fused-ring (bicyclic) bond motifs is 9. The van der Waals surface area contributed by atoms with Gasteiger partial charge in [-0.25, -0.2) is 0 Å². The normalized spacial score (nSPS) is 11.6. The Morgan fingerprint density at radius 1 is 0.396 bits per heavy atom. The van der Waals surface area contributed by atoms with Crippen LogP contribution in [-0.2, 0) is 74.7 Å². The predicted molar refractivity (Wildman–Crippen MR) is 410 cm³/mol. The molecule has 0 saturated carbocycles. The number of aliphatic hydroxyl groups excluding tert-OH is 3. The fraction of sp³-hybridized carbons (Fsp3) is 0.207. The summed E-state index contributed by atoms with van der Waals surface area (Å²) in [6, 6.07) is 62.4. The molecule has 0 saturated heterocycles. The van der Waals surface area contributed by atoms with Gasteiger partial charge in [-0.3, -0.25) is 19.4 Å². The molecule has 7 aromatic heterocycles. The molecule has 3 radical (unpaired) electrons. The zero-order valence-electron chi connectivity index (χ0n) is 60.0. The SMILES string of the molecule is CC(=O)C=C(C)O.CC(=O)C=C(C)O.CC(=O)C=C(C)O.C[Si](C)(C)c1ccc(-c2[c-]cc3oc4ccccc4c3c2)nc1.Cc1cc2c(oc3c[c-]c(-c4ccc([Si](C)(C)C)cn4)cc32)c(C)n1.Cc1ccc2c(c1)oc1c[c-]c(-c3ccc([Si](C)(C)c4ccccc4)cn3)cc12.[Ir].[Ir].[Ir]. The number of benzene rings is 6. The van der Waals surface area contributed by atoms with Gasteiger partial charge >= 0.3 is 0 Å². The maximum atomic E-state index is 10.0. The first-order valence-electron chi connectivity index (χ1n) is 32.2. The molecule has 7 heterocycles. The van der Waals surface area contributed by atoms with Crippen molar-refractivity contribution in [2.75, 3.05) is 0 Å². The fourth-order valence-corrected chi connectivity index (χ4v) is 15.1. The molecule has 13 nitrogen and oxygen atoms in total. The number of aryl methyl sites for hydroxylation is 3. The average molecular weight is 1930 g/mol. The number of pyridine rings is 4. The minimum atomic E-state index is -1.74. The van der Waals surface area contributed by atoms with E-state index in [1.165, 1.54) is 86.1 Å². The van der Waals surface area contributed by atoms with Crippen molar-refractivity contribution in [1.82, 2.24) is 19.9 Å². The Bertz CT molecular complexity index is 5030. The number of para-hydroxylation sites is 1. The summed E-state index contributed by atoms with van der Waals surface area (Å²) in [4.78, 5) is 48.7. The summed E-state index contributed by atoms with van der Waals surface area (Å²) in [5.41, 5.74) is 14.2. The minimum absolute atomic E-state index is 0. The van der Waals surface area contributed by atoms with E-state index >= 15 is 0 Å². The second kappa shape index (κ2) is 36.4. The maximum absolute atomic E-state index is 10.0.